The van der Waals surface area contributed by atoms with Crippen molar-refractivity contribution >= 4 is 39.1 Å². The zero-order chi connectivity index (χ0) is 15.5. The first kappa shape index (κ1) is 15.3. The molecule has 22 heavy (non-hydrogen) atoms. The molecule has 0 saturated carbocycles. The Morgan fingerprint density at radius 2 is 1.86 bits per heavy atom. The highest BCUT2D eigenvalue weighted by atomic mass is 79.9. The minimum Gasteiger partial charge on any atom is -0.283 e. The number of benzene rings is 2. The molecule has 0 aliphatic rings. The molecule has 0 radical (unpaired) electrons. The van der Waals surface area contributed by atoms with Gasteiger partial charge in [0.05, 0.1) is 12.2 Å². The Labute approximate surface area is 142 Å². The Morgan fingerprint density at radius 1 is 1.14 bits per heavy atom. The summed E-state index contributed by atoms with van der Waals surface area (Å²) in [5, 5.41) is 9.41. The molecule has 112 valence electrons. The smallest absolute Gasteiger partial charge is 0.135 e. The van der Waals surface area contributed by atoms with Crippen molar-refractivity contribution in [3.05, 3.63) is 63.2 Å². The summed E-state index contributed by atoms with van der Waals surface area (Å²) in [6.07, 6.45) is 0. The van der Waals surface area contributed by atoms with E-state index < -0.39 is 0 Å². The number of hydrogen-bond acceptors (Lipinski definition) is 4. The lowest BCUT2D eigenvalue weighted by molar-refractivity contribution is 0.239. The van der Waals surface area contributed by atoms with Gasteiger partial charge >= 0.3 is 0 Å². The van der Waals surface area contributed by atoms with Crippen LogP contribution in [0.2, 0.25) is 0 Å². The van der Waals surface area contributed by atoms with E-state index in [0.717, 1.165) is 21.9 Å². The fourth-order valence-electron chi connectivity index (χ4n) is 2.30. The van der Waals surface area contributed by atoms with E-state index in [2.05, 4.69) is 43.3 Å². The van der Waals surface area contributed by atoms with Gasteiger partial charge in [-0.05, 0) is 36.9 Å². The van der Waals surface area contributed by atoms with Crippen LogP contribution in [-0.2, 0) is 13.2 Å². The summed E-state index contributed by atoms with van der Waals surface area (Å²) in [4.78, 5) is 2.16. The summed E-state index contributed by atoms with van der Waals surface area (Å²) >= 11 is 8.97. The number of hydrogen-bond donors (Lipinski definition) is 0. The lowest BCUT2D eigenvalue weighted by atomic mass is 10.2. The highest BCUT2D eigenvalue weighted by Gasteiger charge is 2.05. The van der Waals surface area contributed by atoms with Crippen LogP contribution in [-0.4, -0.2) is 26.9 Å². The third kappa shape index (κ3) is 3.40. The van der Waals surface area contributed by atoms with Crippen LogP contribution in [0, 0.1) is 4.64 Å². The van der Waals surface area contributed by atoms with Crippen LogP contribution < -0.4 is 0 Å². The number of nitrogens with zero attached hydrogens (tertiary/aromatic N) is 4. The Bertz CT molecular complexity index is 845. The molecular weight excluding hydrogens is 360 g/mol. The van der Waals surface area contributed by atoms with Crippen LogP contribution >= 0.6 is 28.1 Å². The maximum Gasteiger partial charge on any atom is 0.135 e. The average molecular weight is 375 g/mol. The first-order valence-corrected chi connectivity index (χ1v) is 8.09. The molecule has 0 saturated heterocycles. The quantitative estimate of drug-likeness (QED) is 0.646. The summed E-state index contributed by atoms with van der Waals surface area (Å²) in [5.74, 6) is 0. The third-order valence-corrected chi connectivity index (χ3v) is 4.33. The van der Waals surface area contributed by atoms with Gasteiger partial charge in [-0.3, -0.25) is 4.90 Å². The summed E-state index contributed by atoms with van der Waals surface area (Å²) in [5.41, 5.74) is 2.07. The minimum absolute atomic E-state index is 0.604. The number of halogens is 1. The molecule has 1 heterocycles. The molecule has 2 aromatic carbocycles. The second-order valence-electron chi connectivity index (χ2n) is 5.19. The Hall–Kier alpha value is -1.63. The minimum atomic E-state index is 0.604. The molecule has 0 aliphatic carbocycles. The molecule has 3 rings (SSSR count). The maximum absolute atomic E-state index is 5.52. The van der Waals surface area contributed by atoms with Crippen molar-refractivity contribution in [2.45, 2.75) is 13.2 Å². The van der Waals surface area contributed by atoms with E-state index >= 15 is 0 Å². The molecular formula is C16H15BrN4S. The topological polar surface area (TPSA) is 34.0 Å². The van der Waals surface area contributed by atoms with Gasteiger partial charge in [-0.1, -0.05) is 57.6 Å². The average Bonchev–Trinajstić information content (AvgIpc) is 2.53. The molecule has 4 nitrogen and oxygen atoms in total. The van der Waals surface area contributed by atoms with Crippen molar-refractivity contribution in [1.82, 2.24) is 19.9 Å². The molecule has 0 unspecified atom stereocenters. The summed E-state index contributed by atoms with van der Waals surface area (Å²) in [6.45, 7) is 1.43. The monoisotopic (exact) mass is 374 g/mol. The van der Waals surface area contributed by atoms with Crippen LogP contribution in [0.3, 0.4) is 0 Å². The molecule has 1 aromatic heterocycles. The predicted molar refractivity (Wildman–Crippen MR) is 94.0 cm³/mol. The number of rotatable bonds is 4. The Balaban J connectivity index is 1.79. The number of aromatic nitrogens is 3. The maximum atomic E-state index is 5.52. The van der Waals surface area contributed by atoms with Crippen molar-refractivity contribution in [1.29, 1.82) is 0 Å². The van der Waals surface area contributed by atoms with E-state index in [-0.39, 0.29) is 0 Å². The highest BCUT2D eigenvalue weighted by Crippen LogP contribution is 2.13. The van der Waals surface area contributed by atoms with Gasteiger partial charge in [0.2, 0.25) is 0 Å². The molecule has 0 amide bonds. The SMILES string of the molecule is CN(Cc1ccc(Br)cc1)Cn1nnc2ccccc2c1=S. The van der Waals surface area contributed by atoms with E-state index in [0.29, 0.717) is 11.3 Å². The van der Waals surface area contributed by atoms with E-state index in [4.69, 9.17) is 12.2 Å². The molecule has 0 aliphatic heterocycles. The third-order valence-electron chi connectivity index (χ3n) is 3.37. The van der Waals surface area contributed by atoms with Crippen molar-refractivity contribution in [2.75, 3.05) is 7.05 Å². The first-order valence-electron chi connectivity index (χ1n) is 6.89. The summed E-state index contributed by atoms with van der Waals surface area (Å²) in [7, 11) is 2.04. The molecule has 0 atom stereocenters. The second kappa shape index (κ2) is 6.64. The van der Waals surface area contributed by atoms with Gasteiger partial charge in [-0.15, -0.1) is 5.10 Å². The van der Waals surface area contributed by atoms with Crippen LogP contribution in [0.5, 0.6) is 0 Å². The van der Waals surface area contributed by atoms with Gasteiger partial charge < -0.3 is 0 Å². The first-order chi connectivity index (χ1) is 10.6. The molecule has 6 heteroatoms. The van der Waals surface area contributed by atoms with Gasteiger partial charge in [0.25, 0.3) is 0 Å². The van der Waals surface area contributed by atoms with Crippen molar-refractivity contribution in [3.8, 4) is 0 Å². The lowest BCUT2D eigenvalue weighted by Gasteiger charge is -2.17. The highest BCUT2D eigenvalue weighted by molar-refractivity contribution is 9.10. The van der Waals surface area contributed by atoms with Gasteiger partial charge in [0.1, 0.15) is 4.64 Å². The fourth-order valence-corrected chi connectivity index (χ4v) is 2.83. The standard InChI is InChI=1S/C16H15BrN4S/c1-20(10-12-6-8-13(17)9-7-12)11-21-16(22)14-4-2-3-5-15(14)18-19-21/h2-9H,10-11H2,1H3. The van der Waals surface area contributed by atoms with Gasteiger partial charge in [0, 0.05) is 16.4 Å². The number of fused-ring (bicyclic) bond motifs is 1. The van der Waals surface area contributed by atoms with Crippen LogP contribution in [0.1, 0.15) is 5.56 Å². The molecule has 0 fully saturated rings. The Morgan fingerprint density at radius 3 is 2.64 bits per heavy atom. The van der Waals surface area contributed by atoms with Gasteiger partial charge in [-0.25, -0.2) is 4.68 Å². The Kier molecular flexibility index (Phi) is 4.61. The predicted octanol–water partition coefficient (Wildman–Crippen LogP) is 4.01. The van der Waals surface area contributed by atoms with E-state index in [9.17, 15) is 0 Å². The summed E-state index contributed by atoms with van der Waals surface area (Å²) < 4.78 is 3.56. The molecule has 3 aromatic rings. The van der Waals surface area contributed by atoms with E-state index in [1.54, 1.807) is 4.68 Å². The zero-order valence-electron chi connectivity index (χ0n) is 12.1. The van der Waals surface area contributed by atoms with Gasteiger partial charge in [-0.2, -0.15) is 0 Å². The fraction of sp³-hybridized carbons (Fsp3) is 0.188. The van der Waals surface area contributed by atoms with Crippen molar-refractivity contribution in [2.24, 2.45) is 0 Å². The molecule has 0 spiro atoms. The van der Waals surface area contributed by atoms with Gasteiger partial charge in [0.15, 0.2) is 0 Å². The lowest BCUT2D eigenvalue weighted by Crippen LogP contribution is -2.24. The van der Waals surface area contributed by atoms with Crippen LogP contribution in [0.25, 0.3) is 10.9 Å². The molecule has 0 bridgehead atoms. The van der Waals surface area contributed by atoms with E-state index in [1.165, 1.54) is 5.56 Å². The largest absolute Gasteiger partial charge is 0.283 e. The normalized spacial score (nSPS) is 11.2. The van der Waals surface area contributed by atoms with Crippen LogP contribution in [0.4, 0.5) is 0 Å². The molecule has 0 N–H and O–H groups in total. The van der Waals surface area contributed by atoms with E-state index in [1.807, 2.05) is 43.4 Å². The van der Waals surface area contributed by atoms with Crippen molar-refractivity contribution in [3.63, 3.8) is 0 Å². The van der Waals surface area contributed by atoms with Crippen LogP contribution in [0.15, 0.2) is 53.0 Å². The van der Waals surface area contributed by atoms with Crippen molar-refractivity contribution < 1.29 is 0 Å². The zero-order valence-corrected chi connectivity index (χ0v) is 14.5. The second-order valence-corrected chi connectivity index (χ2v) is 6.50. The summed E-state index contributed by atoms with van der Waals surface area (Å²) in [6, 6.07) is 16.1.